The minimum absolute atomic E-state index is 0.0521. The summed E-state index contributed by atoms with van der Waals surface area (Å²) in [5.41, 5.74) is 0.651. The molecule has 0 aromatic carbocycles. The molecule has 2 rings (SSSR count). The maximum Gasteiger partial charge on any atom is 0.306 e. The molecule has 2 unspecified atom stereocenters. The summed E-state index contributed by atoms with van der Waals surface area (Å²) in [7, 11) is 0. The lowest BCUT2D eigenvalue weighted by Gasteiger charge is -2.13. The van der Waals surface area contributed by atoms with Gasteiger partial charge in [-0.15, -0.1) is 0 Å². The van der Waals surface area contributed by atoms with E-state index in [1.165, 1.54) is 0 Å². The fourth-order valence-corrected chi connectivity index (χ4v) is 2.49. The van der Waals surface area contributed by atoms with E-state index < -0.39 is 23.4 Å². The minimum atomic E-state index is -0.837. The molecule has 7 heteroatoms. The van der Waals surface area contributed by atoms with Gasteiger partial charge in [0.2, 0.25) is 0 Å². The average Bonchev–Trinajstić information content (AvgIpc) is 2.83. The largest absolute Gasteiger partial charge is 0.481 e. The van der Waals surface area contributed by atoms with E-state index in [0.717, 1.165) is 0 Å². The number of hydrogen-bond donors (Lipinski definition) is 3. The molecule has 1 aliphatic carbocycles. The van der Waals surface area contributed by atoms with Gasteiger partial charge in [0.15, 0.2) is 0 Å². The summed E-state index contributed by atoms with van der Waals surface area (Å²) in [6.45, 7) is 3.37. The lowest BCUT2D eigenvalue weighted by molar-refractivity contribution is -0.141. The Kier molecular flexibility index (Phi) is 3.87. The van der Waals surface area contributed by atoms with Gasteiger partial charge in [0.05, 0.1) is 11.6 Å². The Labute approximate surface area is 115 Å². The molecule has 20 heavy (non-hydrogen) atoms. The zero-order chi connectivity index (χ0) is 14.9. The van der Waals surface area contributed by atoms with Gasteiger partial charge in [0.1, 0.15) is 5.56 Å². The number of aromatic nitrogens is 2. The summed E-state index contributed by atoms with van der Waals surface area (Å²) in [5, 5.41) is 17.7. The van der Waals surface area contributed by atoms with Gasteiger partial charge >= 0.3 is 5.97 Å². The number of nitrogens with one attached hydrogen (secondary N) is 2. The molecular formula is C13H17N3O4. The smallest absolute Gasteiger partial charge is 0.306 e. The quantitative estimate of drug-likeness (QED) is 0.740. The standard InChI is InChI=1S/C13H17N3O4/c1-6-7(2)15-16-12(18)10(6)11(17)14-9-4-3-8(5-9)13(19)20/h8-9H,3-5H2,1-2H3,(H,14,17)(H,16,18)(H,19,20). The summed E-state index contributed by atoms with van der Waals surface area (Å²) in [4.78, 5) is 34.8. The van der Waals surface area contributed by atoms with Crippen LogP contribution in [0.1, 0.15) is 40.9 Å². The van der Waals surface area contributed by atoms with Crippen LogP contribution in [-0.4, -0.2) is 33.2 Å². The van der Waals surface area contributed by atoms with E-state index in [2.05, 4.69) is 15.5 Å². The van der Waals surface area contributed by atoms with Crippen molar-refractivity contribution in [2.24, 2.45) is 5.92 Å². The highest BCUT2D eigenvalue weighted by Crippen LogP contribution is 2.25. The predicted octanol–water partition coefficient (Wildman–Crippen LogP) is 0.370. The van der Waals surface area contributed by atoms with E-state index in [9.17, 15) is 14.4 Å². The third-order valence-electron chi connectivity index (χ3n) is 3.81. The number of H-pyrrole nitrogens is 1. The van der Waals surface area contributed by atoms with Crippen molar-refractivity contribution in [1.29, 1.82) is 0 Å². The van der Waals surface area contributed by atoms with Gasteiger partial charge < -0.3 is 10.4 Å². The Balaban J connectivity index is 2.12. The van der Waals surface area contributed by atoms with Crippen molar-refractivity contribution in [1.82, 2.24) is 15.5 Å². The Bertz CT molecular complexity index is 608. The van der Waals surface area contributed by atoms with Crippen LogP contribution >= 0.6 is 0 Å². The maximum absolute atomic E-state index is 12.2. The molecule has 1 fully saturated rings. The Morgan fingerprint density at radius 2 is 2.05 bits per heavy atom. The number of rotatable bonds is 3. The minimum Gasteiger partial charge on any atom is -0.481 e. The van der Waals surface area contributed by atoms with Gasteiger partial charge in [-0.25, -0.2) is 5.10 Å². The summed E-state index contributed by atoms with van der Waals surface area (Å²) < 4.78 is 0. The summed E-state index contributed by atoms with van der Waals surface area (Å²) in [5.74, 6) is -1.72. The molecule has 2 atom stereocenters. The molecule has 0 spiro atoms. The van der Waals surface area contributed by atoms with Crippen molar-refractivity contribution in [2.45, 2.75) is 39.2 Å². The van der Waals surface area contributed by atoms with Crippen LogP contribution in [0.2, 0.25) is 0 Å². The maximum atomic E-state index is 12.2. The second-order valence-corrected chi connectivity index (χ2v) is 5.16. The first-order valence-corrected chi connectivity index (χ1v) is 6.49. The number of aryl methyl sites for hydroxylation is 1. The first kappa shape index (κ1) is 14.2. The van der Waals surface area contributed by atoms with Gasteiger partial charge in [0.25, 0.3) is 11.5 Å². The third-order valence-corrected chi connectivity index (χ3v) is 3.81. The van der Waals surface area contributed by atoms with Gasteiger partial charge in [-0.1, -0.05) is 0 Å². The number of carbonyl (C=O) groups excluding carboxylic acids is 1. The number of hydrogen-bond acceptors (Lipinski definition) is 4. The SMILES string of the molecule is Cc1n[nH]c(=O)c(C(=O)NC2CCC(C(=O)O)C2)c1C. The van der Waals surface area contributed by atoms with E-state index >= 15 is 0 Å². The van der Waals surface area contributed by atoms with Crippen molar-refractivity contribution < 1.29 is 14.7 Å². The van der Waals surface area contributed by atoms with E-state index in [1.54, 1.807) is 13.8 Å². The molecule has 0 bridgehead atoms. The fourth-order valence-electron chi connectivity index (χ4n) is 2.49. The highest BCUT2D eigenvalue weighted by molar-refractivity contribution is 5.95. The Morgan fingerprint density at radius 3 is 2.65 bits per heavy atom. The van der Waals surface area contributed by atoms with Crippen LogP contribution in [0.4, 0.5) is 0 Å². The first-order valence-electron chi connectivity index (χ1n) is 6.49. The van der Waals surface area contributed by atoms with Crippen molar-refractivity contribution >= 4 is 11.9 Å². The first-order chi connectivity index (χ1) is 9.40. The molecule has 0 saturated heterocycles. The molecule has 1 saturated carbocycles. The molecular weight excluding hydrogens is 262 g/mol. The molecule has 1 aliphatic rings. The van der Waals surface area contributed by atoms with Crippen molar-refractivity contribution in [3.05, 3.63) is 27.2 Å². The second kappa shape index (κ2) is 5.44. The van der Waals surface area contributed by atoms with Gasteiger partial charge in [-0.3, -0.25) is 14.4 Å². The zero-order valence-electron chi connectivity index (χ0n) is 11.4. The molecule has 1 heterocycles. The third kappa shape index (κ3) is 2.71. The molecule has 0 aliphatic heterocycles. The summed E-state index contributed by atoms with van der Waals surface area (Å²) >= 11 is 0. The van der Waals surface area contributed by atoms with Crippen molar-refractivity contribution in [2.75, 3.05) is 0 Å². The average molecular weight is 279 g/mol. The molecule has 108 valence electrons. The Hall–Kier alpha value is -2.18. The Morgan fingerprint density at radius 1 is 1.35 bits per heavy atom. The van der Waals surface area contributed by atoms with Crippen molar-refractivity contribution in [3.63, 3.8) is 0 Å². The molecule has 7 nitrogen and oxygen atoms in total. The van der Waals surface area contributed by atoms with Crippen molar-refractivity contribution in [3.8, 4) is 0 Å². The molecule has 0 radical (unpaired) electrons. The van der Waals surface area contributed by atoms with E-state index in [0.29, 0.717) is 30.5 Å². The lowest BCUT2D eigenvalue weighted by Crippen LogP contribution is -2.37. The second-order valence-electron chi connectivity index (χ2n) is 5.16. The summed E-state index contributed by atoms with van der Waals surface area (Å²) in [6.07, 6.45) is 1.57. The van der Waals surface area contributed by atoms with Crippen LogP contribution in [0.25, 0.3) is 0 Å². The molecule has 1 aromatic heterocycles. The highest BCUT2D eigenvalue weighted by atomic mass is 16.4. The van der Waals surface area contributed by atoms with Gasteiger partial charge in [-0.2, -0.15) is 5.10 Å². The number of nitrogens with zero attached hydrogens (tertiary/aromatic N) is 1. The van der Waals surface area contributed by atoms with E-state index in [-0.39, 0.29) is 11.6 Å². The van der Waals surface area contributed by atoms with Gasteiger partial charge in [0, 0.05) is 6.04 Å². The normalized spacial score (nSPS) is 21.7. The van der Waals surface area contributed by atoms with Crippen LogP contribution in [0, 0.1) is 19.8 Å². The van der Waals surface area contributed by atoms with Crippen LogP contribution in [0.3, 0.4) is 0 Å². The van der Waals surface area contributed by atoms with Crippen LogP contribution in [0.15, 0.2) is 4.79 Å². The topological polar surface area (TPSA) is 112 Å². The van der Waals surface area contributed by atoms with E-state index in [1.807, 2.05) is 0 Å². The predicted molar refractivity (Wildman–Crippen MR) is 70.6 cm³/mol. The number of carboxylic acid groups (broad SMARTS) is 1. The number of aliphatic carboxylic acids is 1. The fraction of sp³-hybridized carbons (Fsp3) is 0.538. The lowest BCUT2D eigenvalue weighted by atomic mass is 10.1. The molecule has 1 aromatic rings. The van der Waals surface area contributed by atoms with E-state index in [4.69, 9.17) is 5.11 Å². The number of aromatic amines is 1. The van der Waals surface area contributed by atoms with Gasteiger partial charge in [-0.05, 0) is 38.7 Å². The number of amides is 1. The number of carboxylic acids is 1. The summed E-state index contributed by atoms with van der Waals surface area (Å²) in [6, 6.07) is -0.198. The zero-order valence-corrected chi connectivity index (χ0v) is 11.4. The molecule has 1 amide bonds. The molecule has 3 N–H and O–H groups in total. The van der Waals surface area contributed by atoms with Crippen LogP contribution < -0.4 is 10.9 Å². The van der Waals surface area contributed by atoms with Crippen LogP contribution in [-0.2, 0) is 4.79 Å². The highest BCUT2D eigenvalue weighted by Gasteiger charge is 2.31. The van der Waals surface area contributed by atoms with Crippen LogP contribution in [0.5, 0.6) is 0 Å². The number of carbonyl (C=O) groups is 2. The monoisotopic (exact) mass is 279 g/mol.